The van der Waals surface area contributed by atoms with Gasteiger partial charge < -0.3 is 22.1 Å². The zero-order chi connectivity index (χ0) is 19.7. The topological polar surface area (TPSA) is 111 Å². The first-order valence-electron chi connectivity index (χ1n) is 9.59. The molecule has 0 saturated carbocycles. The van der Waals surface area contributed by atoms with Crippen molar-refractivity contribution in [1.82, 2.24) is 4.98 Å². The predicted octanol–water partition coefficient (Wildman–Crippen LogP) is 2.69. The Hall–Kier alpha value is -2.64. The average molecular weight is 396 g/mol. The van der Waals surface area contributed by atoms with Gasteiger partial charge in [-0.1, -0.05) is 30.3 Å². The molecule has 1 aliphatic rings. The van der Waals surface area contributed by atoms with Crippen LogP contribution >= 0.6 is 11.3 Å². The van der Waals surface area contributed by atoms with E-state index in [0.29, 0.717) is 10.6 Å². The minimum atomic E-state index is -0.500. The number of nitrogens with two attached hydrogens (primary N) is 3. The van der Waals surface area contributed by atoms with Gasteiger partial charge in [0.1, 0.15) is 15.5 Å². The third kappa shape index (κ3) is 3.68. The van der Waals surface area contributed by atoms with E-state index in [9.17, 15) is 4.79 Å². The molecule has 3 aromatic rings. The zero-order valence-corrected chi connectivity index (χ0v) is 16.5. The zero-order valence-electron chi connectivity index (χ0n) is 15.7. The molecule has 3 heterocycles. The molecule has 0 radical (unpaired) electrons. The molecule has 146 valence electrons. The van der Waals surface area contributed by atoms with Crippen LogP contribution in [-0.4, -0.2) is 30.0 Å². The monoisotopic (exact) mass is 395 g/mol. The van der Waals surface area contributed by atoms with Crippen LogP contribution in [0.3, 0.4) is 0 Å². The van der Waals surface area contributed by atoms with E-state index in [0.717, 1.165) is 60.4 Å². The quantitative estimate of drug-likeness (QED) is 0.615. The number of anilines is 2. The number of pyridine rings is 1. The number of rotatable bonds is 5. The first-order valence-corrected chi connectivity index (χ1v) is 10.4. The number of aryl methyl sites for hydroxylation is 2. The highest BCUT2D eigenvalue weighted by molar-refractivity contribution is 7.21. The van der Waals surface area contributed by atoms with Crippen LogP contribution in [-0.2, 0) is 12.8 Å². The van der Waals surface area contributed by atoms with Crippen molar-refractivity contribution >= 4 is 39.0 Å². The minimum absolute atomic E-state index is 0.261. The molecule has 0 spiro atoms. The fourth-order valence-electron chi connectivity index (χ4n) is 3.78. The summed E-state index contributed by atoms with van der Waals surface area (Å²) < 4.78 is 0. The van der Waals surface area contributed by atoms with Crippen LogP contribution in [0.15, 0.2) is 36.4 Å². The average Bonchev–Trinajstić information content (AvgIpc) is 3.04. The third-order valence-corrected chi connectivity index (χ3v) is 6.49. The fraction of sp³-hybridized carbons (Fsp3) is 0.333. The molecule has 1 aromatic carbocycles. The van der Waals surface area contributed by atoms with Crippen molar-refractivity contribution in [3.63, 3.8) is 0 Å². The number of carbonyl (C=O) groups excluding carboxylic acids is 1. The first-order chi connectivity index (χ1) is 13.5. The second kappa shape index (κ2) is 7.77. The highest BCUT2D eigenvalue weighted by Crippen LogP contribution is 2.37. The lowest BCUT2D eigenvalue weighted by molar-refractivity contribution is 0.100. The number of thiophene rings is 1. The lowest BCUT2D eigenvalue weighted by atomic mass is 10.0. The summed E-state index contributed by atoms with van der Waals surface area (Å²) in [6.45, 7) is 1.78. The van der Waals surface area contributed by atoms with Crippen LogP contribution in [0.25, 0.3) is 10.2 Å². The predicted molar refractivity (Wildman–Crippen MR) is 116 cm³/mol. The summed E-state index contributed by atoms with van der Waals surface area (Å²) in [6, 6.07) is 12.7. The number of aromatic nitrogens is 1. The maximum atomic E-state index is 11.8. The van der Waals surface area contributed by atoms with Gasteiger partial charge >= 0.3 is 0 Å². The van der Waals surface area contributed by atoms with Crippen molar-refractivity contribution in [2.45, 2.75) is 31.7 Å². The fourth-order valence-corrected chi connectivity index (χ4v) is 4.77. The lowest BCUT2D eigenvalue weighted by Crippen LogP contribution is -2.40. The third-order valence-electron chi connectivity index (χ3n) is 5.38. The summed E-state index contributed by atoms with van der Waals surface area (Å²) >= 11 is 1.28. The number of piperidine rings is 1. The largest absolute Gasteiger partial charge is 0.397 e. The van der Waals surface area contributed by atoms with Crippen LogP contribution in [0.1, 0.15) is 33.6 Å². The van der Waals surface area contributed by atoms with Gasteiger partial charge in [-0.05, 0) is 42.9 Å². The molecule has 0 unspecified atom stereocenters. The summed E-state index contributed by atoms with van der Waals surface area (Å²) in [5.74, 6) is 0.430. The van der Waals surface area contributed by atoms with Gasteiger partial charge in [0.15, 0.2) is 0 Å². The summed E-state index contributed by atoms with van der Waals surface area (Å²) in [6.07, 6.45) is 3.63. The molecule has 2 aromatic heterocycles. The Labute approximate surface area is 168 Å². The van der Waals surface area contributed by atoms with Crippen molar-refractivity contribution in [2.75, 3.05) is 23.7 Å². The van der Waals surface area contributed by atoms with Crippen molar-refractivity contribution < 1.29 is 4.79 Å². The summed E-state index contributed by atoms with van der Waals surface area (Å²) in [5, 5.41) is 0.868. The summed E-state index contributed by atoms with van der Waals surface area (Å²) in [4.78, 5) is 20.1. The van der Waals surface area contributed by atoms with Crippen LogP contribution in [0.2, 0.25) is 0 Å². The van der Waals surface area contributed by atoms with E-state index in [1.807, 2.05) is 18.2 Å². The molecule has 0 bridgehead atoms. The number of fused-ring (bicyclic) bond motifs is 1. The number of hydrogen-bond acceptors (Lipinski definition) is 6. The normalized spacial score (nSPS) is 15.2. The van der Waals surface area contributed by atoms with Gasteiger partial charge in [0.05, 0.1) is 5.69 Å². The van der Waals surface area contributed by atoms with E-state index in [1.54, 1.807) is 0 Å². The van der Waals surface area contributed by atoms with E-state index in [-0.39, 0.29) is 6.04 Å². The Morgan fingerprint density at radius 1 is 1.18 bits per heavy atom. The maximum absolute atomic E-state index is 11.8. The SMILES string of the molecule is NC(=O)c1sc2nc(N3CCC(N)CC3)cc(CCc3ccccc3)c2c1N. The number of carbonyl (C=O) groups is 1. The van der Waals surface area contributed by atoms with E-state index < -0.39 is 5.91 Å². The van der Waals surface area contributed by atoms with Crippen molar-refractivity contribution in [1.29, 1.82) is 0 Å². The molecule has 7 heteroatoms. The van der Waals surface area contributed by atoms with Crippen LogP contribution in [0.4, 0.5) is 11.5 Å². The smallest absolute Gasteiger partial charge is 0.260 e. The Balaban J connectivity index is 1.74. The van der Waals surface area contributed by atoms with Gasteiger partial charge in [-0.15, -0.1) is 11.3 Å². The number of primary amides is 1. The van der Waals surface area contributed by atoms with Gasteiger partial charge in [0.25, 0.3) is 5.91 Å². The molecule has 0 atom stereocenters. The van der Waals surface area contributed by atoms with Crippen molar-refractivity contribution in [3.05, 3.63) is 52.4 Å². The lowest BCUT2D eigenvalue weighted by Gasteiger charge is -2.31. The van der Waals surface area contributed by atoms with Gasteiger partial charge in [0.2, 0.25) is 0 Å². The molecule has 6 nitrogen and oxygen atoms in total. The number of hydrogen-bond donors (Lipinski definition) is 3. The highest BCUT2D eigenvalue weighted by atomic mass is 32.1. The standard InChI is InChI=1S/C21H25N5OS/c22-15-8-10-26(11-9-15)16-12-14(7-6-13-4-2-1-3-5-13)17-18(23)19(20(24)27)28-21(17)25-16/h1-5,12,15H,6-11,22-23H2,(H2,24,27). The van der Waals surface area contributed by atoms with Crippen LogP contribution in [0.5, 0.6) is 0 Å². The second-order valence-corrected chi connectivity index (χ2v) is 8.34. The van der Waals surface area contributed by atoms with Crippen molar-refractivity contribution in [2.24, 2.45) is 11.5 Å². The molecule has 1 amide bonds. The second-order valence-electron chi connectivity index (χ2n) is 7.34. The Kier molecular flexibility index (Phi) is 5.19. The minimum Gasteiger partial charge on any atom is -0.397 e. The molecular formula is C21H25N5OS. The van der Waals surface area contributed by atoms with E-state index in [4.69, 9.17) is 22.2 Å². The Morgan fingerprint density at radius 3 is 2.57 bits per heavy atom. The number of nitrogens with zero attached hydrogens (tertiary/aromatic N) is 2. The Morgan fingerprint density at radius 2 is 1.89 bits per heavy atom. The molecule has 1 saturated heterocycles. The van der Waals surface area contributed by atoms with Gasteiger partial charge in [-0.2, -0.15) is 0 Å². The van der Waals surface area contributed by atoms with Crippen LogP contribution < -0.4 is 22.1 Å². The molecule has 0 aliphatic carbocycles. The van der Waals surface area contributed by atoms with Gasteiger partial charge in [-0.25, -0.2) is 4.98 Å². The van der Waals surface area contributed by atoms with Gasteiger partial charge in [-0.3, -0.25) is 4.79 Å². The van der Waals surface area contributed by atoms with Crippen molar-refractivity contribution in [3.8, 4) is 0 Å². The number of benzene rings is 1. The molecular weight excluding hydrogens is 370 g/mol. The molecule has 6 N–H and O–H groups in total. The summed E-state index contributed by atoms with van der Waals surface area (Å²) in [5.41, 5.74) is 20.7. The van der Waals surface area contributed by atoms with E-state index >= 15 is 0 Å². The number of amides is 1. The molecule has 1 fully saturated rings. The number of nitrogen functional groups attached to an aromatic ring is 1. The van der Waals surface area contributed by atoms with Crippen LogP contribution in [0, 0.1) is 0 Å². The van der Waals surface area contributed by atoms with E-state index in [1.165, 1.54) is 16.9 Å². The summed E-state index contributed by atoms with van der Waals surface area (Å²) in [7, 11) is 0. The molecule has 28 heavy (non-hydrogen) atoms. The molecule has 1 aliphatic heterocycles. The van der Waals surface area contributed by atoms with E-state index in [2.05, 4.69) is 23.1 Å². The first kappa shape index (κ1) is 18.7. The Bertz CT molecular complexity index is 993. The molecule has 4 rings (SSSR count). The van der Waals surface area contributed by atoms with Gasteiger partial charge in [0, 0.05) is 24.5 Å². The maximum Gasteiger partial charge on any atom is 0.260 e. The highest BCUT2D eigenvalue weighted by Gasteiger charge is 2.22.